The van der Waals surface area contributed by atoms with Crippen LogP contribution in [0.4, 0.5) is 10.5 Å². The van der Waals surface area contributed by atoms with Crippen LogP contribution in [0.1, 0.15) is 31.9 Å². The van der Waals surface area contributed by atoms with Crippen LogP contribution in [0.2, 0.25) is 0 Å². The number of aromatic nitrogens is 2. The highest BCUT2D eigenvalue weighted by Crippen LogP contribution is 2.50. The molecule has 0 radical (unpaired) electrons. The van der Waals surface area contributed by atoms with E-state index < -0.39 is 12.2 Å². The van der Waals surface area contributed by atoms with Gasteiger partial charge in [-0.05, 0) is 19.8 Å². The van der Waals surface area contributed by atoms with Crippen molar-refractivity contribution in [2.24, 2.45) is 5.41 Å². The van der Waals surface area contributed by atoms with Gasteiger partial charge in [0.05, 0.1) is 36.7 Å². The molecule has 1 spiro atoms. The molecule has 1 saturated carbocycles. The third-order valence-electron chi connectivity index (χ3n) is 5.65. The Morgan fingerprint density at radius 1 is 1.43 bits per heavy atom. The minimum atomic E-state index is -0.973. The van der Waals surface area contributed by atoms with Crippen LogP contribution in [0.25, 0.3) is 0 Å². The van der Waals surface area contributed by atoms with Crippen LogP contribution >= 0.6 is 0 Å². The number of anilines is 1. The minimum Gasteiger partial charge on any atom is -0.465 e. The molecule has 23 heavy (non-hydrogen) atoms. The molecular formula is C15H20N4O4. The molecule has 3 aliphatic rings. The third-order valence-corrected chi connectivity index (χ3v) is 5.65. The molecule has 2 fully saturated rings. The molecule has 8 heteroatoms. The summed E-state index contributed by atoms with van der Waals surface area (Å²) >= 11 is 0. The van der Waals surface area contributed by atoms with Crippen molar-refractivity contribution < 1.29 is 19.8 Å². The van der Waals surface area contributed by atoms with Gasteiger partial charge in [-0.25, -0.2) is 4.79 Å². The Morgan fingerprint density at radius 2 is 2.17 bits per heavy atom. The summed E-state index contributed by atoms with van der Waals surface area (Å²) in [6.45, 7) is 3.01. The van der Waals surface area contributed by atoms with Crippen molar-refractivity contribution in [3.8, 4) is 0 Å². The Hall–Kier alpha value is -2.09. The Bertz CT molecular complexity index is 681. The average molecular weight is 320 g/mol. The van der Waals surface area contributed by atoms with Gasteiger partial charge in [0.25, 0.3) is 5.91 Å². The number of aliphatic hydroxyl groups excluding tert-OH is 1. The second kappa shape index (κ2) is 4.70. The second-order valence-electron chi connectivity index (χ2n) is 6.96. The molecule has 124 valence electrons. The van der Waals surface area contributed by atoms with Crippen molar-refractivity contribution >= 4 is 17.7 Å². The minimum absolute atomic E-state index is 0.161. The molecule has 8 nitrogen and oxygen atoms in total. The molecule has 2 aliphatic heterocycles. The first-order valence-electron chi connectivity index (χ1n) is 7.97. The van der Waals surface area contributed by atoms with E-state index in [0.717, 1.165) is 25.0 Å². The number of hydrogen-bond donors (Lipinski definition) is 2. The predicted octanol–water partition coefficient (Wildman–Crippen LogP) is 0.643. The number of nitrogens with zero attached hydrogens (tertiary/aromatic N) is 4. The average Bonchev–Trinajstić information content (AvgIpc) is 2.97. The molecule has 4 rings (SSSR count). The predicted molar refractivity (Wildman–Crippen MR) is 79.9 cm³/mol. The van der Waals surface area contributed by atoms with E-state index in [1.165, 1.54) is 4.90 Å². The van der Waals surface area contributed by atoms with E-state index >= 15 is 0 Å². The Kier molecular flexibility index (Phi) is 2.96. The quantitative estimate of drug-likeness (QED) is 0.791. The van der Waals surface area contributed by atoms with Crippen LogP contribution < -0.4 is 4.90 Å². The van der Waals surface area contributed by atoms with Crippen LogP contribution in [-0.2, 0) is 17.9 Å². The van der Waals surface area contributed by atoms with Crippen molar-refractivity contribution in [3.05, 3.63) is 11.9 Å². The molecule has 0 bridgehead atoms. The monoisotopic (exact) mass is 320 g/mol. The number of aliphatic hydroxyl groups is 1. The largest absolute Gasteiger partial charge is 0.465 e. The zero-order chi connectivity index (χ0) is 16.4. The number of hydrogen-bond acceptors (Lipinski definition) is 4. The highest BCUT2D eigenvalue weighted by Gasteiger charge is 2.55. The highest BCUT2D eigenvalue weighted by atomic mass is 16.4. The first-order valence-corrected chi connectivity index (χ1v) is 7.97. The zero-order valence-electron chi connectivity index (χ0n) is 13.0. The number of carbonyl (C=O) groups is 2. The molecule has 2 atom stereocenters. The van der Waals surface area contributed by atoms with Gasteiger partial charge in [-0.15, -0.1) is 0 Å². The Labute approximate surface area is 133 Å². The Balaban J connectivity index is 1.67. The Morgan fingerprint density at radius 3 is 2.74 bits per heavy atom. The number of carboxylic acid groups (broad SMARTS) is 1. The lowest BCUT2D eigenvalue weighted by molar-refractivity contribution is -0.129. The normalized spacial score (nSPS) is 28.9. The molecule has 2 N–H and O–H groups in total. The summed E-state index contributed by atoms with van der Waals surface area (Å²) in [5, 5.41) is 23.9. The van der Waals surface area contributed by atoms with Gasteiger partial charge in [-0.1, -0.05) is 6.42 Å². The number of amides is 2. The first kappa shape index (κ1) is 14.5. The van der Waals surface area contributed by atoms with Gasteiger partial charge >= 0.3 is 6.09 Å². The molecule has 1 unspecified atom stereocenters. The van der Waals surface area contributed by atoms with E-state index in [1.807, 2.05) is 6.92 Å². The molecule has 1 aliphatic carbocycles. The van der Waals surface area contributed by atoms with E-state index in [-0.39, 0.29) is 23.9 Å². The molecule has 1 saturated heterocycles. The van der Waals surface area contributed by atoms with Crippen LogP contribution in [-0.4, -0.2) is 55.6 Å². The molecule has 2 amide bonds. The van der Waals surface area contributed by atoms with Crippen molar-refractivity contribution in [1.82, 2.24) is 14.7 Å². The van der Waals surface area contributed by atoms with Gasteiger partial charge < -0.3 is 15.1 Å². The first-order chi connectivity index (χ1) is 10.9. The van der Waals surface area contributed by atoms with Gasteiger partial charge in [-0.3, -0.25) is 14.4 Å². The maximum atomic E-state index is 12.5. The fraction of sp³-hybridized carbons (Fsp3) is 0.667. The van der Waals surface area contributed by atoms with Crippen LogP contribution in [0, 0.1) is 5.41 Å². The van der Waals surface area contributed by atoms with E-state index in [4.69, 9.17) is 0 Å². The van der Waals surface area contributed by atoms with E-state index in [2.05, 4.69) is 5.10 Å². The summed E-state index contributed by atoms with van der Waals surface area (Å²) in [4.78, 5) is 26.8. The maximum Gasteiger partial charge on any atom is 0.407 e. The lowest BCUT2D eigenvalue weighted by Gasteiger charge is -2.39. The van der Waals surface area contributed by atoms with Gasteiger partial charge in [0, 0.05) is 12.0 Å². The summed E-state index contributed by atoms with van der Waals surface area (Å²) < 4.78 is 1.77. The third kappa shape index (κ3) is 1.90. The smallest absolute Gasteiger partial charge is 0.407 e. The zero-order valence-corrected chi connectivity index (χ0v) is 13.0. The summed E-state index contributed by atoms with van der Waals surface area (Å²) in [6.07, 6.45) is 2.45. The standard InChI is InChI=1S/C15H20N4O4/c1-9-6-19-11(7-17(9)14(22)23)10(5-16-19)18-8-15(3-2-4-15)12(20)13(18)21/h5,9,12,20H,2-4,6-8H2,1H3,(H,22,23)/t9-,12?/m0/s1. The molecule has 3 heterocycles. The molecule has 1 aromatic rings. The topological polar surface area (TPSA) is 98.9 Å². The van der Waals surface area contributed by atoms with Crippen molar-refractivity contribution in [3.63, 3.8) is 0 Å². The van der Waals surface area contributed by atoms with Crippen molar-refractivity contribution in [2.45, 2.75) is 51.4 Å². The molecule has 1 aromatic heterocycles. The summed E-state index contributed by atoms with van der Waals surface area (Å²) in [6, 6.07) is -0.161. The highest BCUT2D eigenvalue weighted by molar-refractivity contribution is 6.00. The SMILES string of the molecule is C[C@H]1Cn2ncc(N3CC4(CCC4)C(O)C3=O)c2CN1C(=O)O. The summed E-state index contributed by atoms with van der Waals surface area (Å²) in [7, 11) is 0. The van der Waals surface area contributed by atoms with Gasteiger partial charge in [0.1, 0.15) is 6.10 Å². The maximum absolute atomic E-state index is 12.5. The van der Waals surface area contributed by atoms with Gasteiger partial charge in [-0.2, -0.15) is 5.10 Å². The number of carbonyl (C=O) groups excluding carboxylic acids is 1. The van der Waals surface area contributed by atoms with Crippen LogP contribution in [0.3, 0.4) is 0 Å². The van der Waals surface area contributed by atoms with Crippen molar-refractivity contribution in [1.29, 1.82) is 0 Å². The molecular weight excluding hydrogens is 300 g/mol. The van der Waals surface area contributed by atoms with Gasteiger partial charge in [0.15, 0.2) is 0 Å². The lowest BCUT2D eigenvalue weighted by Crippen LogP contribution is -2.44. The van der Waals surface area contributed by atoms with Gasteiger partial charge in [0.2, 0.25) is 0 Å². The number of rotatable bonds is 1. The lowest BCUT2D eigenvalue weighted by atomic mass is 9.67. The second-order valence-corrected chi connectivity index (χ2v) is 6.96. The van der Waals surface area contributed by atoms with E-state index in [9.17, 15) is 19.8 Å². The van der Waals surface area contributed by atoms with E-state index in [0.29, 0.717) is 18.8 Å². The number of fused-ring (bicyclic) bond motifs is 1. The fourth-order valence-corrected chi connectivity index (χ4v) is 4.02. The van der Waals surface area contributed by atoms with Crippen LogP contribution in [0.5, 0.6) is 0 Å². The summed E-state index contributed by atoms with van der Waals surface area (Å²) in [5.41, 5.74) is 1.04. The van der Waals surface area contributed by atoms with Crippen LogP contribution in [0.15, 0.2) is 6.20 Å². The van der Waals surface area contributed by atoms with Crippen molar-refractivity contribution in [2.75, 3.05) is 11.4 Å². The van der Waals surface area contributed by atoms with E-state index in [1.54, 1.807) is 15.8 Å². The summed E-state index contributed by atoms with van der Waals surface area (Å²) in [5.74, 6) is -0.291. The fourth-order valence-electron chi connectivity index (χ4n) is 4.02. The molecule has 0 aromatic carbocycles.